The Morgan fingerprint density at radius 3 is 2.52 bits per heavy atom. The highest BCUT2D eigenvalue weighted by atomic mass is 35.5. The molecule has 4 aromatic rings. The first-order chi connectivity index (χ1) is 15.1. The Balaban J connectivity index is 1.54. The maximum atomic E-state index is 13.2. The van der Waals surface area contributed by atoms with Crippen LogP contribution in [0.15, 0.2) is 77.7 Å². The first kappa shape index (κ1) is 21.4. The topological polar surface area (TPSA) is 56.2 Å². The second kappa shape index (κ2) is 9.96. The number of hydrogen-bond donors (Lipinski definition) is 1. The Hall–Kier alpha value is -2.86. The number of benzene rings is 2. The maximum absolute atomic E-state index is 13.2. The van der Waals surface area contributed by atoms with Crippen molar-refractivity contribution in [3.05, 3.63) is 105 Å². The fourth-order valence-electron chi connectivity index (χ4n) is 3.36. The molecule has 1 N–H and O–H groups in total. The van der Waals surface area contributed by atoms with Crippen molar-refractivity contribution >= 4 is 34.1 Å². The molecular formula is C24H21Cl2N3O2. The zero-order valence-corrected chi connectivity index (χ0v) is 18.2. The maximum Gasteiger partial charge on any atom is 0.255 e. The summed E-state index contributed by atoms with van der Waals surface area (Å²) in [6, 6.07) is 20.7. The van der Waals surface area contributed by atoms with E-state index in [4.69, 9.17) is 27.9 Å². The van der Waals surface area contributed by atoms with Crippen LogP contribution in [0.2, 0.25) is 10.0 Å². The van der Waals surface area contributed by atoms with Crippen LogP contribution in [0.1, 0.15) is 11.3 Å². The second-order valence-electron chi connectivity index (χ2n) is 7.06. The number of ether oxygens (including phenoxy) is 1. The van der Waals surface area contributed by atoms with Gasteiger partial charge in [0.25, 0.3) is 5.56 Å². The summed E-state index contributed by atoms with van der Waals surface area (Å²) in [6.07, 6.45) is 1.61. The highest BCUT2D eigenvalue weighted by molar-refractivity contribution is 6.31. The van der Waals surface area contributed by atoms with Crippen LogP contribution in [0.3, 0.4) is 0 Å². The van der Waals surface area contributed by atoms with Gasteiger partial charge in [-0.1, -0.05) is 47.5 Å². The molecule has 0 radical (unpaired) electrons. The quantitative estimate of drug-likeness (QED) is 0.404. The standard InChI is InChI=1S/C24H21Cl2N3O2/c25-19-7-6-17-12-18(14-27-16-21-9-8-20(26)15-28-21)24(30)29(23(17)13-19)10-11-31-22-4-2-1-3-5-22/h1-9,12-13,15,27H,10-11,14,16H2. The molecule has 0 aliphatic rings. The SMILES string of the molecule is O=c1c(CNCc2ccc(Cl)cn2)cc2ccc(Cl)cc2n1CCOc1ccccc1. The summed E-state index contributed by atoms with van der Waals surface area (Å²) >= 11 is 12.1. The Kier molecular flexibility index (Phi) is 6.87. The molecule has 2 aromatic heterocycles. The third kappa shape index (κ3) is 5.44. The Bertz CT molecular complexity index is 1230. The molecule has 0 amide bonds. The number of para-hydroxylation sites is 1. The molecule has 158 valence electrons. The van der Waals surface area contributed by atoms with Crippen molar-refractivity contribution in [2.45, 2.75) is 19.6 Å². The average molecular weight is 454 g/mol. The van der Waals surface area contributed by atoms with E-state index in [9.17, 15) is 4.79 Å². The van der Waals surface area contributed by atoms with E-state index in [1.54, 1.807) is 16.8 Å². The summed E-state index contributed by atoms with van der Waals surface area (Å²) in [5.41, 5.74) is 2.25. The number of hydrogen-bond acceptors (Lipinski definition) is 4. The summed E-state index contributed by atoms with van der Waals surface area (Å²) in [5, 5.41) is 5.42. The van der Waals surface area contributed by atoms with Crippen molar-refractivity contribution in [1.82, 2.24) is 14.9 Å². The van der Waals surface area contributed by atoms with Gasteiger partial charge in [0.2, 0.25) is 0 Å². The van der Waals surface area contributed by atoms with E-state index in [0.29, 0.717) is 41.8 Å². The molecule has 0 bridgehead atoms. The van der Waals surface area contributed by atoms with Gasteiger partial charge in [0.05, 0.1) is 22.8 Å². The van der Waals surface area contributed by atoms with Crippen molar-refractivity contribution in [2.75, 3.05) is 6.61 Å². The third-order valence-electron chi connectivity index (χ3n) is 4.87. The minimum Gasteiger partial charge on any atom is -0.492 e. The number of rotatable bonds is 8. The molecule has 0 unspecified atom stereocenters. The van der Waals surface area contributed by atoms with Crippen LogP contribution in [0.4, 0.5) is 0 Å². The number of fused-ring (bicyclic) bond motifs is 1. The minimum atomic E-state index is -0.0667. The molecule has 7 heteroatoms. The molecule has 2 heterocycles. The molecule has 0 atom stereocenters. The zero-order chi connectivity index (χ0) is 21.6. The molecule has 0 spiro atoms. The molecule has 0 aliphatic carbocycles. The summed E-state index contributed by atoms with van der Waals surface area (Å²) < 4.78 is 7.53. The highest BCUT2D eigenvalue weighted by Crippen LogP contribution is 2.19. The van der Waals surface area contributed by atoms with Gasteiger partial charge in [-0.15, -0.1) is 0 Å². The lowest BCUT2D eigenvalue weighted by molar-refractivity contribution is 0.298. The monoisotopic (exact) mass is 453 g/mol. The summed E-state index contributed by atoms with van der Waals surface area (Å²) in [5.74, 6) is 0.770. The molecule has 2 aromatic carbocycles. The molecule has 5 nitrogen and oxygen atoms in total. The van der Waals surface area contributed by atoms with Crippen LogP contribution < -0.4 is 15.6 Å². The van der Waals surface area contributed by atoms with Gasteiger partial charge in [-0.25, -0.2) is 0 Å². The summed E-state index contributed by atoms with van der Waals surface area (Å²) in [4.78, 5) is 17.5. The number of aromatic nitrogens is 2. The lowest BCUT2D eigenvalue weighted by atomic mass is 10.1. The molecule has 4 rings (SSSR count). The summed E-state index contributed by atoms with van der Waals surface area (Å²) in [7, 11) is 0. The van der Waals surface area contributed by atoms with Gasteiger partial charge in [-0.3, -0.25) is 9.78 Å². The van der Waals surface area contributed by atoms with Crippen LogP contribution in [0.5, 0.6) is 5.75 Å². The predicted molar refractivity (Wildman–Crippen MR) is 125 cm³/mol. The van der Waals surface area contributed by atoms with E-state index in [-0.39, 0.29) is 5.56 Å². The van der Waals surface area contributed by atoms with Gasteiger partial charge < -0.3 is 14.6 Å². The Morgan fingerprint density at radius 1 is 0.935 bits per heavy atom. The lowest BCUT2D eigenvalue weighted by Gasteiger charge is -2.14. The lowest BCUT2D eigenvalue weighted by Crippen LogP contribution is -2.29. The average Bonchev–Trinajstić information content (AvgIpc) is 2.78. The van der Waals surface area contributed by atoms with Crippen molar-refractivity contribution in [3.63, 3.8) is 0 Å². The van der Waals surface area contributed by atoms with Gasteiger partial charge >= 0.3 is 0 Å². The number of nitrogens with one attached hydrogen (secondary N) is 1. The van der Waals surface area contributed by atoms with E-state index in [1.807, 2.05) is 60.7 Å². The fourth-order valence-corrected chi connectivity index (χ4v) is 3.64. The van der Waals surface area contributed by atoms with Crippen LogP contribution in [-0.4, -0.2) is 16.2 Å². The first-order valence-corrected chi connectivity index (χ1v) is 10.7. The minimum absolute atomic E-state index is 0.0667. The van der Waals surface area contributed by atoms with E-state index in [1.165, 1.54) is 0 Å². The van der Waals surface area contributed by atoms with E-state index in [2.05, 4.69) is 10.3 Å². The summed E-state index contributed by atoms with van der Waals surface area (Å²) in [6.45, 7) is 1.74. The van der Waals surface area contributed by atoms with Crippen LogP contribution in [0.25, 0.3) is 10.9 Å². The fraction of sp³-hybridized carbons (Fsp3) is 0.167. The third-order valence-corrected chi connectivity index (χ3v) is 5.33. The molecule has 0 saturated carbocycles. The van der Waals surface area contributed by atoms with Crippen molar-refractivity contribution < 1.29 is 4.74 Å². The molecule has 31 heavy (non-hydrogen) atoms. The van der Waals surface area contributed by atoms with Gasteiger partial charge in [0.1, 0.15) is 12.4 Å². The Labute approximate surface area is 190 Å². The zero-order valence-electron chi connectivity index (χ0n) is 16.7. The first-order valence-electron chi connectivity index (χ1n) is 9.91. The van der Waals surface area contributed by atoms with Gasteiger partial charge in [-0.05, 0) is 47.9 Å². The van der Waals surface area contributed by atoms with Gasteiger partial charge in [0.15, 0.2) is 0 Å². The van der Waals surface area contributed by atoms with E-state index in [0.717, 1.165) is 22.3 Å². The number of pyridine rings is 2. The highest BCUT2D eigenvalue weighted by Gasteiger charge is 2.10. The number of nitrogens with zero attached hydrogens (tertiary/aromatic N) is 2. The van der Waals surface area contributed by atoms with Crippen LogP contribution in [-0.2, 0) is 19.6 Å². The molecule has 0 aliphatic heterocycles. The van der Waals surface area contributed by atoms with Gasteiger partial charge in [0, 0.05) is 29.9 Å². The second-order valence-corrected chi connectivity index (χ2v) is 7.94. The smallest absolute Gasteiger partial charge is 0.255 e. The normalized spacial score (nSPS) is 11.0. The Morgan fingerprint density at radius 2 is 1.74 bits per heavy atom. The van der Waals surface area contributed by atoms with Crippen molar-refractivity contribution in [2.24, 2.45) is 0 Å². The van der Waals surface area contributed by atoms with Crippen LogP contribution in [0, 0.1) is 0 Å². The van der Waals surface area contributed by atoms with E-state index < -0.39 is 0 Å². The molecule has 0 fully saturated rings. The molecule has 0 saturated heterocycles. The number of halogens is 2. The molecular weight excluding hydrogens is 433 g/mol. The largest absolute Gasteiger partial charge is 0.492 e. The van der Waals surface area contributed by atoms with Crippen molar-refractivity contribution in [3.8, 4) is 5.75 Å². The predicted octanol–water partition coefficient (Wildman–Crippen LogP) is 5.07. The van der Waals surface area contributed by atoms with E-state index >= 15 is 0 Å². The van der Waals surface area contributed by atoms with Crippen molar-refractivity contribution in [1.29, 1.82) is 0 Å². The van der Waals surface area contributed by atoms with Gasteiger partial charge in [-0.2, -0.15) is 0 Å². The van der Waals surface area contributed by atoms with Crippen LogP contribution >= 0.6 is 23.2 Å².